The molecule has 2 heterocycles. The van der Waals surface area contributed by atoms with Crippen LogP contribution in [0.1, 0.15) is 25.7 Å². The van der Waals surface area contributed by atoms with Crippen LogP contribution in [0.5, 0.6) is 5.75 Å². The van der Waals surface area contributed by atoms with Gasteiger partial charge in [-0.1, -0.05) is 35.9 Å². The van der Waals surface area contributed by atoms with Gasteiger partial charge in [0.1, 0.15) is 11.8 Å². The van der Waals surface area contributed by atoms with E-state index in [-0.39, 0.29) is 34.6 Å². The van der Waals surface area contributed by atoms with Crippen LogP contribution in [0, 0.1) is 0 Å². The zero-order valence-corrected chi connectivity index (χ0v) is 19.9. The predicted molar refractivity (Wildman–Crippen MR) is 128 cm³/mol. The highest BCUT2D eigenvalue weighted by Gasteiger charge is 2.33. The SMILES string of the molecule is O=C(Nc1ccc(-c2ccccc2OC(F)(F)F)c(Cl)c1)C1CCCCN1C(=O)CCn1ccnc1. The molecule has 7 nitrogen and oxygen atoms in total. The standard InChI is InChI=1S/C25H24ClF3N4O3/c26-20-15-17(8-9-18(20)19-5-1-2-7-22(19)36-25(27,28)29)31-24(35)21-6-3-4-12-33(21)23(34)10-13-32-14-11-30-16-32/h1-2,5,7-9,11,14-16,21H,3-4,6,10,12-13H2,(H,31,35). The van der Waals surface area contributed by atoms with E-state index in [0.29, 0.717) is 30.8 Å². The number of likely N-dealkylation sites (tertiary alicyclic amines) is 1. The Kier molecular flexibility index (Phi) is 7.83. The van der Waals surface area contributed by atoms with Crippen molar-refractivity contribution >= 4 is 29.1 Å². The van der Waals surface area contributed by atoms with E-state index in [9.17, 15) is 22.8 Å². The molecular weight excluding hydrogens is 497 g/mol. The Hall–Kier alpha value is -3.53. The fourth-order valence-electron chi connectivity index (χ4n) is 4.23. The molecule has 1 saturated heterocycles. The van der Waals surface area contributed by atoms with Crippen LogP contribution in [0.4, 0.5) is 18.9 Å². The molecule has 11 heteroatoms. The monoisotopic (exact) mass is 520 g/mol. The minimum Gasteiger partial charge on any atom is -0.405 e. The number of rotatable bonds is 7. The number of halogens is 4. The largest absolute Gasteiger partial charge is 0.573 e. The lowest BCUT2D eigenvalue weighted by molar-refractivity contribution is -0.274. The summed E-state index contributed by atoms with van der Waals surface area (Å²) < 4.78 is 44.3. The van der Waals surface area contributed by atoms with E-state index >= 15 is 0 Å². The maximum atomic E-state index is 13.1. The number of nitrogens with zero attached hydrogens (tertiary/aromatic N) is 3. The van der Waals surface area contributed by atoms with E-state index in [0.717, 1.165) is 12.8 Å². The van der Waals surface area contributed by atoms with Crippen LogP contribution in [-0.2, 0) is 16.1 Å². The Balaban J connectivity index is 1.46. The number of nitrogens with one attached hydrogen (secondary N) is 1. The van der Waals surface area contributed by atoms with Gasteiger partial charge in [-0.2, -0.15) is 0 Å². The first-order valence-corrected chi connectivity index (χ1v) is 11.8. The third-order valence-corrected chi connectivity index (χ3v) is 6.22. The molecule has 1 atom stereocenters. The highest BCUT2D eigenvalue weighted by Crippen LogP contribution is 2.38. The molecule has 0 aliphatic carbocycles. The third kappa shape index (κ3) is 6.37. The average Bonchev–Trinajstić information content (AvgIpc) is 3.36. The van der Waals surface area contributed by atoms with Gasteiger partial charge in [-0.25, -0.2) is 4.98 Å². The van der Waals surface area contributed by atoms with Gasteiger partial charge in [-0.3, -0.25) is 9.59 Å². The second-order valence-electron chi connectivity index (χ2n) is 8.38. The summed E-state index contributed by atoms with van der Waals surface area (Å²) in [4.78, 5) is 31.5. The van der Waals surface area contributed by atoms with Crippen molar-refractivity contribution in [2.24, 2.45) is 0 Å². The van der Waals surface area contributed by atoms with Crippen molar-refractivity contribution in [2.45, 2.75) is 44.6 Å². The van der Waals surface area contributed by atoms with Crippen LogP contribution in [0.3, 0.4) is 0 Å². The Morgan fingerprint density at radius 2 is 1.94 bits per heavy atom. The molecule has 2 amide bonds. The van der Waals surface area contributed by atoms with Gasteiger partial charge in [0.05, 0.1) is 11.3 Å². The number of aryl methyl sites for hydroxylation is 1. The van der Waals surface area contributed by atoms with Crippen molar-refractivity contribution in [1.29, 1.82) is 0 Å². The van der Waals surface area contributed by atoms with Gasteiger partial charge in [-0.15, -0.1) is 13.2 Å². The van der Waals surface area contributed by atoms with Gasteiger partial charge >= 0.3 is 6.36 Å². The molecule has 1 aromatic heterocycles. The van der Waals surface area contributed by atoms with E-state index in [2.05, 4.69) is 15.0 Å². The molecule has 36 heavy (non-hydrogen) atoms. The minimum absolute atomic E-state index is 0.113. The summed E-state index contributed by atoms with van der Waals surface area (Å²) >= 11 is 6.39. The molecule has 4 rings (SSSR count). The molecule has 190 valence electrons. The van der Waals surface area contributed by atoms with Gasteiger partial charge in [0.2, 0.25) is 11.8 Å². The molecule has 1 aliphatic heterocycles. The van der Waals surface area contributed by atoms with E-state index in [1.807, 2.05) is 0 Å². The number of aromatic nitrogens is 2. The summed E-state index contributed by atoms with van der Waals surface area (Å²) in [5.74, 6) is -0.829. The summed E-state index contributed by atoms with van der Waals surface area (Å²) in [6.07, 6.45) is 2.62. The topological polar surface area (TPSA) is 76.5 Å². The quantitative estimate of drug-likeness (QED) is 0.445. The molecule has 3 aromatic rings. The van der Waals surface area contributed by atoms with Gasteiger partial charge in [-0.05, 0) is 37.5 Å². The Labute approximate surface area is 210 Å². The molecule has 0 radical (unpaired) electrons. The molecule has 2 aromatic carbocycles. The number of carbonyl (C=O) groups is 2. The van der Waals surface area contributed by atoms with Crippen LogP contribution < -0.4 is 10.1 Å². The predicted octanol–water partition coefficient (Wildman–Crippen LogP) is 5.51. The van der Waals surface area contributed by atoms with Crippen molar-refractivity contribution in [3.63, 3.8) is 0 Å². The fraction of sp³-hybridized carbons (Fsp3) is 0.320. The number of piperidine rings is 1. The highest BCUT2D eigenvalue weighted by atomic mass is 35.5. The number of hydrogen-bond donors (Lipinski definition) is 1. The highest BCUT2D eigenvalue weighted by molar-refractivity contribution is 6.33. The van der Waals surface area contributed by atoms with Gasteiger partial charge in [0.25, 0.3) is 0 Å². The number of alkyl halides is 3. The van der Waals surface area contributed by atoms with Gasteiger partial charge in [0.15, 0.2) is 0 Å². The summed E-state index contributed by atoms with van der Waals surface area (Å²) in [5.41, 5.74) is 0.863. The Bertz CT molecular complexity index is 1220. The smallest absolute Gasteiger partial charge is 0.405 e. The van der Waals surface area contributed by atoms with Crippen molar-refractivity contribution < 1.29 is 27.5 Å². The first-order valence-electron chi connectivity index (χ1n) is 11.4. The molecule has 1 fully saturated rings. The summed E-state index contributed by atoms with van der Waals surface area (Å²) in [6, 6.07) is 9.60. The summed E-state index contributed by atoms with van der Waals surface area (Å²) in [5, 5.41) is 2.94. The zero-order chi connectivity index (χ0) is 25.7. The second kappa shape index (κ2) is 11.0. The average molecular weight is 521 g/mol. The molecule has 0 spiro atoms. The minimum atomic E-state index is -4.85. The Morgan fingerprint density at radius 3 is 2.67 bits per heavy atom. The van der Waals surface area contributed by atoms with E-state index < -0.39 is 12.4 Å². The van der Waals surface area contributed by atoms with Crippen LogP contribution in [0.25, 0.3) is 11.1 Å². The zero-order valence-electron chi connectivity index (χ0n) is 19.2. The number of benzene rings is 2. The van der Waals surface area contributed by atoms with Crippen LogP contribution in [0.2, 0.25) is 5.02 Å². The number of para-hydroxylation sites is 1. The lowest BCUT2D eigenvalue weighted by atomic mass is 10.0. The molecule has 1 aliphatic rings. The first kappa shape index (κ1) is 25.6. The third-order valence-electron chi connectivity index (χ3n) is 5.91. The normalized spacial score (nSPS) is 16.0. The lowest BCUT2D eigenvalue weighted by Crippen LogP contribution is -2.50. The van der Waals surface area contributed by atoms with E-state index in [1.165, 1.54) is 30.3 Å². The van der Waals surface area contributed by atoms with Crippen LogP contribution >= 0.6 is 11.6 Å². The fourth-order valence-corrected chi connectivity index (χ4v) is 4.51. The maximum Gasteiger partial charge on any atom is 0.573 e. The van der Waals surface area contributed by atoms with Crippen molar-refractivity contribution in [3.8, 4) is 16.9 Å². The van der Waals surface area contributed by atoms with Crippen molar-refractivity contribution in [1.82, 2.24) is 14.5 Å². The van der Waals surface area contributed by atoms with Crippen LogP contribution in [-0.4, -0.2) is 45.2 Å². The van der Waals surface area contributed by atoms with Crippen molar-refractivity contribution in [2.75, 3.05) is 11.9 Å². The number of carbonyl (C=O) groups excluding carboxylic acids is 2. The van der Waals surface area contributed by atoms with Gasteiger partial charge < -0.3 is 19.5 Å². The molecule has 1 unspecified atom stereocenters. The molecule has 0 bridgehead atoms. The number of anilines is 1. The number of amides is 2. The number of hydrogen-bond acceptors (Lipinski definition) is 4. The summed E-state index contributed by atoms with van der Waals surface area (Å²) in [6.45, 7) is 0.969. The Morgan fingerprint density at radius 1 is 1.14 bits per heavy atom. The maximum absolute atomic E-state index is 13.1. The molecule has 0 saturated carbocycles. The van der Waals surface area contributed by atoms with Crippen molar-refractivity contribution in [3.05, 3.63) is 66.2 Å². The molecule has 1 N–H and O–H groups in total. The molecular formula is C25H24ClF3N4O3. The van der Waals surface area contributed by atoms with E-state index in [4.69, 9.17) is 11.6 Å². The second-order valence-corrected chi connectivity index (χ2v) is 8.78. The first-order chi connectivity index (χ1) is 17.2. The van der Waals surface area contributed by atoms with Crippen LogP contribution in [0.15, 0.2) is 61.2 Å². The summed E-state index contributed by atoms with van der Waals surface area (Å²) in [7, 11) is 0. The number of ether oxygens (including phenoxy) is 1. The number of imidazole rings is 1. The lowest BCUT2D eigenvalue weighted by Gasteiger charge is -2.35. The van der Waals surface area contributed by atoms with Gasteiger partial charge in [0, 0.05) is 48.7 Å². The van der Waals surface area contributed by atoms with E-state index in [1.54, 1.807) is 40.3 Å².